The smallest absolute Gasteiger partial charge is 0.318 e. The minimum Gasteiger partial charge on any atom is -0.490 e. The highest BCUT2D eigenvalue weighted by molar-refractivity contribution is 14.1. The average molecular weight is 636 g/mol. The first kappa shape index (κ1) is 25.1. The molecule has 0 amide bonds. The number of nitriles is 1. The monoisotopic (exact) mass is 635 g/mol. The summed E-state index contributed by atoms with van der Waals surface area (Å²) >= 11 is 5.37. The molecule has 0 unspecified atom stereocenters. The zero-order chi connectivity index (χ0) is 24.8. The molecule has 0 saturated carbocycles. The summed E-state index contributed by atoms with van der Waals surface area (Å²) in [5.41, 5.74) is 0.874. The van der Waals surface area contributed by atoms with Crippen LogP contribution in [0.15, 0.2) is 59.1 Å². The van der Waals surface area contributed by atoms with Crippen LogP contribution < -0.4 is 9.47 Å². The predicted molar refractivity (Wildman–Crippen MR) is 138 cm³/mol. The number of nitrogens with zero attached hydrogens (tertiary/aromatic N) is 3. The maximum atomic E-state index is 11.5. The fourth-order valence-electron chi connectivity index (χ4n) is 2.97. The molecule has 0 spiro atoms. The number of allylic oxidation sites excluding steroid dienone is 1. The lowest BCUT2D eigenvalue weighted by Gasteiger charge is -2.15. The van der Waals surface area contributed by atoms with Crippen LogP contribution in [0.5, 0.6) is 17.2 Å². The van der Waals surface area contributed by atoms with Gasteiger partial charge in [-0.25, -0.2) is 0 Å². The molecule has 34 heavy (non-hydrogen) atoms. The maximum Gasteiger partial charge on any atom is 0.318 e. The fourth-order valence-corrected chi connectivity index (χ4v) is 3.97. The number of halogens is 2. The number of non-ortho nitro benzene ring substituents is 1. The van der Waals surface area contributed by atoms with Gasteiger partial charge in [0.1, 0.15) is 0 Å². The molecule has 0 radical (unpaired) electrons. The summed E-state index contributed by atoms with van der Waals surface area (Å²) in [5.74, 6) is 0.366. The molecule has 0 fully saturated rings. The Morgan fingerprint density at radius 1 is 1.09 bits per heavy atom. The van der Waals surface area contributed by atoms with Crippen LogP contribution in [0.25, 0.3) is 11.6 Å². The molecular formula is C23H15BrIN3O6. The third-order valence-electron chi connectivity index (χ3n) is 4.48. The SMILES string of the molecule is CCOc1cc(/C=C(\C#N)c2ccc(Br)cc2)cc(I)c1Oc1ccc([N+](=O)[O-])cc1[N+](=O)[O-]. The maximum absolute atomic E-state index is 11.5. The summed E-state index contributed by atoms with van der Waals surface area (Å²) in [5, 5.41) is 32.1. The van der Waals surface area contributed by atoms with Gasteiger partial charge in [0.05, 0.1) is 37.7 Å². The topological polar surface area (TPSA) is 129 Å². The number of hydrogen-bond donors (Lipinski definition) is 0. The molecule has 0 N–H and O–H groups in total. The minimum atomic E-state index is -0.746. The van der Waals surface area contributed by atoms with Gasteiger partial charge in [-0.15, -0.1) is 0 Å². The van der Waals surface area contributed by atoms with E-state index >= 15 is 0 Å². The highest BCUT2D eigenvalue weighted by Crippen LogP contribution is 2.41. The number of rotatable bonds is 8. The molecule has 0 aromatic heterocycles. The van der Waals surface area contributed by atoms with Gasteiger partial charge in [-0.1, -0.05) is 28.1 Å². The molecule has 0 aliphatic carbocycles. The van der Waals surface area contributed by atoms with Gasteiger partial charge >= 0.3 is 5.69 Å². The van der Waals surface area contributed by atoms with Crippen molar-refractivity contribution in [3.63, 3.8) is 0 Å². The quantitative estimate of drug-likeness (QED) is 0.0847. The molecule has 3 rings (SSSR count). The van der Waals surface area contributed by atoms with Gasteiger partial charge in [0.25, 0.3) is 5.69 Å². The summed E-state index contributed by atoms with van der Waals surface area (Å²) < 4.78 is 13.0. The predicted octanol–water partition coefficient (Wildman–Crippen LogP) is 7.13. The third-order valence-corrected chi connectivity index (χ3v) is 5.81. The van der Waals surface area contributed by atoms with Crippen LogP contribution in [-0.4, -0.2) is 16.5 Å². The fraction of sp³-hybridized carbons (Fsp3) is 0.0870. The van der Waals surface area contributed by atoms with Crippen molar-refractivity contribution in [2.75, 3.05) is 6.61 Å². The number of ether oxygens (including phenoxy) is 2. The van der Waals surface area contributed by atoms with E-state index in [1.54, 1.807) is 25.1 Å². The molecule has 0 heterocycles. The second kappa shape index (κ2) is 11.1. The Morgan fingerprint density at radius 2 is 1.79 bits per heavy atom. The third kappa shape index (κ3) is 5.89. The summed E-state index contributed by atoms with van der Waals surface area (Å²) in [6.07, 6.45) is 1.70. The number of benzene rings is 3. The van der Waals surface area contributed by atoms with E-state index in [1.165, 1.54) is 6.07 Å². The standard InChI is InChI=1S/C23H15BrIN3O6/c1-2-33-22-11-14(9-16(13-26)15-3-5-17(24)6-4-15)10-19(25)23(22)34-21-8-7-18(27(29)30)12-20(21)28(31)32/h3-12H,2H2,1H3/b16-9+. The Labute approximate surface area is 216 Å². The molecule has 11 heteroatoms. The van der Waals surface area contributed by atoms with E-state index in [0.717, 1.165) is 22.2 Å². The molecular weight excluding hydrogens is 621 g/mol. The van der Waals surface area contributed by atoms with Gasteiger partial charge < -0.3 is 9.47 Å². The Hall–Kier alpha value is -3.50. The largest absolute Gasteiger partial charge is 0.490 e. The molecule has 172 valence electrons. The Kier molecular flexibility index (Phi) is 8.19. The number of nitro groups is 2. The van der Waals surface area contributed by atoms with Gasteiger partial charge in [0.15, 0.2) is 11.5 Å². The Balaban J connectivity index is 2.06. The van der Waals surface area contributed by atoms with E-state index in [1.807, 2.05) is 46.9 Å². The van der Waals surface area contributed by atoms with Crippen LogP contribution in [0.3, 0.4) is 0 Å². The highest BCUT2D eigenvalue weighted by Gasteiger charge is 2.23. The first-order chi connectivity index (χ1) is 16.2. The lowest BCUT2D eigenvalue weighted by atomic mass is 10.0. The zero-order valence-corrected chi connectivity index (χ0v) is 21.3. The second-order valence-electron chi connectivity index (χ2n) is 6.71. The molecule has 3 aromatic rings. The first-order valence-electron chi connectivity index (χ1n) is 9.68. The van der Waals surface area contributed by atoms with Crippen molar-refractivity contribution in [2.45, 2.75) is 6.92 Å². The van der Waals surface area contributed by atoms with Gasteiger partial charge in [-0.3, -0.25) is 20.2 Å². The molecule has 0 aliphatic heterocycles. The van der Waals surface area contributed by atoms with Crippen LogP contribution in [-0.2, 0) is 0 Å². The van der Waals surface area contributed by atoms with Crippen LogP contribution in [0.4, 0.5) is 11.4 Å². The van der Waals surface area contributed by atoms with Crippen LogP contribution in [0, 0.1) is 35.1 Å². The van der Waals surface area contributed by atoms with E-state index in [4.69, 9.17) is 9.47 Å². The summed E-state index contributed by atoms with van der Waals surface area (Å²) in [6, 6.07) is 16.1. The van der Waals surface area contributed by atoms with E-state index < -0.39 is 21.2 Å². The average Bonchev–Trinajstić information content (AvgIpc) is 2.80. The van der Waals surface area contributed by atoms with Crippen molar-refractivity contribution in [3.8, 4) is 23.3 Å². The van der Waals surface area contributed by atoms with Crippen LogP contribution in [0.2, 0.25) is 0 Å². The van der Waals surface area contributed by atoms with E-state index in [2.05, 4.69) is 22.0 Å². The molecule has 0 aliphatic rings. The normalized spacial score (nSPS) is 10.9. The van der Waals surface area contributed by atoms with Gasteiger partial charge in [-0.05, 0) is 77.0 Å². The lowest BCUT2D eigenvalue weighted by Crippen LogP contribution is -2.00. The second-order valence-corrected chi connectivity index (χ2v) is 8.79. The van der Waals surface area contributed by atoms with Gasteiger partial charge in [0.2, 0.25) is 5.75 Å². The van der Waals surface area contributed by atoms with Crippen LogP contribution in [0.1, 0.15) is 18.1 Å². The van der Waals surface area contributed by atoms with Crippen molar-refractivity contribution in [2.24, 2.45) is 0 Å². The Bertz CT molecular complexity index is 1340. The number of hydrogen-bond acceptors (Lipinski definition) is 7. The zero-order valence-electron chi connectivity index (χ0n) is 17.5. The Morgan fingerprint density at radius 3 is 2.38 bits per heavy atom. The first-order valence-corrected chi connectivity index (χ1v) is 11.6. The minimum absolute atomic E-state index is 0.162. The summed E-state index contributed by atoms with van der Waals surface area (Å²) in [4.78, 5) is 21.0. The van der Waals surface area contributed by atoms with Crippen molar-refractivity contribution in [1.29, 1.82) is 5.26 Å². The van der Waals surface area contributed by atoms with Gasteiger partial charge in [-0.2, -0.15) is 5.26 Å². The highest BCUT2D eigenvalue weighted by atomic mass is 127. The molecule has 9 nitrogen and oxygen atoms in total. The van der Waals surface area contributed by atoms with Crippen molar-refractivity contribution in [3.05, 3.63) is 94.0 Å². The molecule has 0 atom stereocenters. The lowest BCUT2D eigenvalue weighted by molar-refractivity contribution is -0.394. The summed E-state index contributed by atoms with van der Waals surface area (Å²) in [7, 11) is 0. The van der Waals surface area contributed by atoms with Crippen molar-refractivity contribution < 1.29 is 19.3 Å². The van der Waals surface area contributed by atoms with E-state index in [0.29, 0.717) is 27.1 Å². The van der Waals surface area contributed by atoms with Crippen LogP contribution >= 0.6 is 38.5 Å². The van der Waals surface area contributed by atoms with Crippen molar-refractivity contribution in [1.82, 2.24) is 0 Å². The van der Waals surface area contributed by atoms with Crippen molar-refractivity contribution >= 4 is 61.5 Å². The molecule has 0 saturated heterocycles. The van der Waals surface area contributed by atoms with E-state index in [9.17, 15) is 25.5 Å². The van der Waals surface area contributed by atoms with Gasteiger partial charge in [0, 0.05) is 10.5 Å². The molecule has 0 bridgehead atoms. The number of nitro benzene ring substituents is 2. The van der Waals surface area contributed by atoms with E-state index in [-0.39, 0.29) is 11.5 Å². The summed E-state index contributed by atoms with van der Waals surface area (Å²) in [6.45, 7) is 2.07. The molecule has 3 aromatic carbocycles.